The van der Waals surface area contributed by atoms with E-state index in [1.165, 1.54) is 6.07 Å². The first-order valence-corrected chi connectivity index (χ1v) is 12.2. The molecule has 2 aromatic heterocycles. The van der Waals surface area contributed by atoms with Crippen LogP contribution in [0.3, 0.4) is 0 Å². The van der Waals surface area contributed by atoms with E-state index in [4.69, 9.17) is 9.47 Å². The number of imidazole rings is 1. The second-order valence-electron chi connectivity index (χ2n) is 6.78. The number of fused-ring (bicyclic) bond motifs is 1. The summed E-state index contributed by atoms with van der Waals surface area (Å²) in [6, 6.07) is 6.78. The Morgan fingerprint density at radius 3 is 2.45 bits per heavy atom. The van der Waals surface area contributed by atoms with Crippen LogP contribution in [0.25, 0.3) is 11.0 Å². The van der Waals surface area contributed by atoms with Crippen LogP contribution >= 0.6 is 0 Å². The van der Waals surface area contributed by atoms with Crippen LogP contribution in [0.1, 0.15) is 78.3 Å². The second-order valence-corrected chi connectivity index (χ2v) is 6.78. The SMILES string of the molecule is CC.CC.CC.Cc1nc2cnccc2n1CCCOC1CCC(c2ccc(O)c(O)c2)O1. The zero-order chi connectivity index (χ0) is 24.8. The van der Waals surface area contributed by atoms with Gasteiger partial charge in [-0.05, 0) is 43.5 Å². The van der Waals surface area contributed by atoms with Crippen LogP contribution in [0.5, 0.6) is 11.5 Å². The third-order valence-electron chi connectivity index (χ3n) is 4.92. The maximum absolute atomic E-state index is 9.64. The van der Waals surface area contributed by atoms with Gasteiger partial charge in [-0.3, -0.25) is 4.98 Å². The molecule has 0 saturated carbocycles. The minimum absolute atomic E-state index is 0.117. The van der Waals surface area contributed by atoms with Gasteiger partial charge in [-0.15, -0.1) is 0 Å². The zero-order valence-electron chi connectivity index (χ0n) is 21.2. The van der Waals surface area contributed by atoms with E-state index in [-0.39, 0.29) is 23.9 Å². The summed E-state index contributed by atoms with van der Waals surface area (Å²) in [7, 11) is 0. The van der Waals surface area contributed by atoms with Gasteiger partial charge in [0, 0.05) is 19.2 Å². The Morgan fingerprint density at radius 2 is 1.76 bits per heavy atom. The Morgan fingerprint density at radius 1 is 1.03 bits per heavy atom. The van der Waals surface area contributed by atoms with Crippen molar-refractivity contribution in [3.63, 3.8) is 0 Å². The number of aromatic hydroxyl groups is 2. The quantitative estimate of drug-likeness (QED) is 0.322. The molecule has 1 fully saturated rings. The predicted octanol–water partition coefficient (Wildman–Crippen LogP) is 6.51. The van der Waals surface area contributed by atoms with Crippen molar-refractivity contribution in [3.8, 4) is 11.5 Å². The number of phenols is 2. The monoisotopic (exact) mass is 459 g/mol. The van der Waals surface area contributed by atoms with E-state index in [0.717, 1.165) is 48.2 Å². The topological polar surface area (TPSA) is 89.6 Å². The molecule has 0 amide bonds. The first-order valence-electron chi connectivity index (χ1n) is 12.2. The molecule has 1 aliphatic rings. The number of nitrogens with zero attached hydrogens (tertiary/aromatic N) is 3. The van der Waals surface area contributed by atoms with Gasteiger partial charge in [0.25, 0.3) is 0 Å². The molecule has 3 aromatic rings. The van der Waals surface area contributed by atoms with Crippen LogP contribution in [-0.4, -0.2) is 37.6 Å². The van der Waals surface area contributed by atoms with Crippen LogP contribution in [0.2, 0.25) is 0 Å². The Hall–Kier alpha value is -2.64. The van der Waals surface area contributed by atoms with Crippen LogP contribution in [0.4, 0.5) is 0 Å². The number of ether oxygens (including phenoxy) is 2. The molecular formula is C26H41N3O4. The first-order chi connectivity index (χ1) is 16.1. The normalized spacial score (nSPS) is 16.7. The van der Waals surface area contributed by atoms with Crippen molar-refractivity contribution in [3.05, 3.63) is 48.0 Å². The highest BCUT2D eigenvalue weighted by Gasteiger charge is 2.27. The molecule has 3 heterocycles. The fourth-order valence-electron chi connectivity index (χ4n) is 3.54. The summed E-state index contributed by atoms with van der Waals surface area (Å²) in [5.74, 6) is 0.726. The van der Waals surface area contributed by atoms with Gasteiger partial charge in [0.1, 0.15) is 11.3 Å². The molecule has 1 aliphatic heterocycles. The molecule has 7 heteroatoms. The van der Waals surface area contributed by atoms with Gasteiger partial charge >= 0.3 is 0 Å². The number of hydrogen-bond acceptors (Lipinski definition) is 6. The summed E-state index contributed by atoms with van der Waals surface area (Å²) in [5, 5.41) is 19.1. The summed E-state index contributed by atoms with van der Waals surface area (Å²) in [4.78, 5) is 8.63. The number of pyridine rings is 1. The molecule has 4 rings (SSSR count). The average Bonchev–Trinajstić information content (AvgIpc) is 3.46. The van der Waals surface area contributed by atoms with E-state index in [2.05, 4.69) is 14.5 Å². The fraction of sp³-hybridized carbons (Fsp3) is 0.538. The van der Waals surface area contributed by atoms with Crippen molar-refractivity contribution < 1.29 is 19.7 Å². The van der Waals surface area contributed by atoms with Gasteiger partial charge in [-0.2, -0.15) is 0 Å². The molecule has 1 aromatic carbocycles. The molecule has 2 unspecified atom stereocenters. The van der Waals surface area contributed by atoms with Crippen molar-refractivity contribution in [1.82, 2.24) is 14.5 Å². The van der Waals surface area contributed by atoms with E-state index < -0.39 is 0 Å². The standard InChI is InChI=1S/C20H23N3O4.3C2H6/c1-13-22-15-12-21-8-7-16(15)23(13)9-2-10-26-20-6-5-19(27-20)14-3-4-17(24)18(25)11-14;3*1-2/h3-4,7-8,11-12,19-20,24-25H,2,5-6,9-10H2,1H3;3*1-2H3. The van der Waals surface area contributed by atoms with E-state index in [0.29, 0.717) is 6.61 Å². The van der Waals surface area contributed by atoms with E-state index in [1.54, 1.807) is 24.5 Å². The maximum atomic E-state index is 9.64. The van der Waals surface area contributed by atoms with Crippen molar-refractivity contribution in [2.75, 3.05) is 6.61 Å². The molecule has 184 valence electrons. The van der Waals surface area contributed by atoms with Crippen molar-refractivity contribution >= 4 is 11.0 Å². The Labute approximate surface area is 198 Å². The van der Waals surface area contributed by atoms with E-state index in [1.807, 2.05) is 54.5 Å². The Kier molecular flexibility index (Phi) is 13.1. The van der Waals surface area contributed by atoms with E-state index in [9.17, 15) is 10.2 Å². The highest BCUT2D eigenvalue weighted by molar-refractivity contribution is 5.74. The number of benzene rings is 1. The first kappa shape index (κ1) is 28.4. The fourth-order valence-corrected chi connectivity index (χ4v) is 3.54. The Bertz CT molecular complexity index is 942. The molecule has 1 saturated heterocycles. The lowest BCUT2D eigenvalue weighted by Crippen LogP contribution is -2.14. The van der Waals surface area contributed by atoms with Gasteiger partial charge in [-0.25, -0.2) is 4.98 Å². The van der Waals surface area contributed by atoms with Crippen LogP contribution in [0, 0.1) is 6.92 Å². The molecule has 0 bridgehead atoms. The number of phenolic OH excluding ortho intramolecular Hbond substituents is 2. The highest BCUT2D eigenvalue weighted by Crippen LogP contribution is 2.36. The molecule has 0 aliphatic carbocycles. The number of hydrogen-bond donors (Lipinski definition) is 2. The molecular weight excluding hydrogens is 418 g/mol. The molecule has 7 nitrogen and oxygen atoms in total. The smallest absolute Gasteiger partial charge is 0.158 e. The van der Waals surface area contributed by atoms with Crippen molar-refractivity contribution in [1.29, 1.82) is 0 Å². The van der Waals surface area contributed by atoms with Gasteiger partial charge in [-0.1, -0.05) is 47.6 Å². The zero-order valence-corrected chi connectivity index (χ0v) is 21.2. The summed E-state index contributed by atoms with van der Waals surface area (Å²) in [6.07, 6.45) is 5.70. The largest absolute Gasteiger partial charge is 0.504 e. The third kappa shape index (κ3) is 7.72. The summed E-state index contributed by atoms with van der Waals surface area (Å²) >= 11 is 0. The lowest BCUT2D eigenvalue weighted by molar-refractivity contribution is -0.135. The van der Waals surface area contributed by atoms with Crippen LogP contribution in [0.15, 0.2) is 36.7 Å². The Balaban J connectivity index is 0.000000841. The number of aromatic nitrogens is 3. The van der Waals surface area contributed by atoms with Gasteiger partial charge < -0.3 is 24.3 Å². The molecule has 2 N–H and O–H groups in total. The molecule has 2 atom stereocenters. The summed E-state index contributed by atoms with van der Waals surface area (Å²) in [6.45, 7) is 15.4. The molecule has 0 spiro atoms. The minimum Gasteiger partial charge on any atom is -0.504 e. The number of aryl methyl sites for hydroxylation is 2. The summed E-state index contributed by atoms with van der Waals surface area (Å²) < 4.78 is 14.0. The van der Waals surface area contributed by atoms with Crippen molar-refractivity contribution in [2.24, 2.45) is 0 Å². The minimum atomic E-state index is -0.240. The second kappa shape index (κ2) is 15.2. The van der Waals surface area contributed by atoms with Crippen LogP contribution < -0.4 is 0 Å². The van der Waals surface area contributed by atoms with Gasteiger partial charge in [0.2, 0.25) is 0 Å². The van der Waals surface area contributed by atoms with E-state index >= 15 is 0 Å². The lowest BCUT2D eigenvalue weighted by atomic mass is 10.1. The van der Waals surface area contributed by atoms with Crippen LogP contribution in [-0.2, 0) is 16.0 Å². The van der Waals surface area contributed by atoms with Gasteiger partial charge in [0.05, 0.1) is 24.4 Å². The van der Waals surface area contributed by atoms with Gasteiger partial charge in [0.15, 0.2) is 17.8 Å². The third-order valence-corrected chi connectivity index (χ3v) is 4.92. The van der Waals surface area contributed by atoms with Crippen molar-refractivity contribution in [2.45, 2.75) is 86.7 Å². The predicted molar refractivity (Wildman–Crippen MR) is 133 cm³/mol. The highest BCUT2D eigenvalue weighted by atomic mass is 16.7. The molecule has 33 heavy (non-hydrogen) atoms. The lowest BCUT2D eigenvalue weighted by Gasteiger charge is -2.15. The number of rotatable bonds is 6. The molecule has 0 radical (unpaired) electrons. The summed E-state index contributed by atoms with van der Waals surface area (Å²) in [5.41, 5.74) is 2.85. The maximum Gasteiger partial charge on any atom is 0.158 e. The average molecular weight is 460 g/mol.